The van der Waals surface area contributed by atoms with E-state index >= 15 is 0 Å². The number of carbonyl (C=O) groups is 5. The van der Waals surface area contributed by atoms with E-state index in [-0.39, 0.29) is 31.4 Å². The second-order valence-corrected chi connectivity index (χ2v) is 11.9. The summed E-state index contributed by atoms with van der Waals surface area (Å²) in [5.41, 5.74) is 13.1. The highest BCUT2D eigenvalue weighted by Crippen LogP contribution is 2.44. The number of benzene rings is 3. The van der Waals surface area contributed by atoms with Crippen LogP contribution in [0.2, 0.25) is 0 Å². The molecule has 1 aliphatic rings. The summed E-state index contributed by atoms with van der Waals surface area (Å²) in [6.45, 7) is 5.08. The lowest BCUT2D eigenvalue weighted by Crippen LogP contribution is -2.55. The maximum Gasteiger partial charge on any atom is 0.431 e. The van der Waals surface area contributed by atoms with Crippen molar-refractivity contribution < 1.29 is 33.5 Å². The molecule has 7 N–H and O–H groups in total. The van der Waals surface area contributed by atoms with Crippen molar-refractivity contribution in [3.8, 4) is 11.1 Å². The maximum absolute atomic E-state index is 13.3. The molecule has 0 bridgehead atoms. The number of fused-ring (bicyclic) bond motifs is 3. The molecule has 6 amide bonds. The Morgan fingerprint density at radius 3 is 2.06 bits per heavy atom. The van der Waals surface area contributed by atoms with Gasteiger partial charge in [-0.25, -0.2) is 9.59 Å². The summed E-state index contributed by atoms with van der Waals surface area (Å²) in [5.74, 6) is -2.22. The largest absolute Gasteiger partial charge is 0.447 e. The molecule has 0 aromatic heterocycles. The zero-order valence-corrected chi connectivity index (χ0v) is 27.2. The quantitative estimate of drug-likeness (QED) is 0.106. The van der Waals surface area contributed by atoms with E-state index in [4.69, 9.17) is 15.3 Å². The first-order chi connectivity index (χ1) is 23.0. The predicted octanol–water partition coefficient (Wildman–Crippen LogP) is 3.48. The number of nitrogens with two attached hydrogens (primary N) is 1. The number of hydrogen-bond donors (Lipinski definition) is 6. The molecule has 0 fully saturated rings. The molecule has 0 aliphatic heterocycles. The van der Waals surface area contributed by atoms with Crippen molar-refractivity contribution in [2.75, 3.05) is 25.1 Å². The van der Waals surface area contributed by atoms with Crippen molar-refractivity contribution in [1.82, 2.24) is 21.4 Å². The Balaban J connectivity index is 1.27. The number of amides is 6. The summed E-state index contributed by atoms with van der Waals surface area (Å²) in [6, 6.07) is 20.4. The molecule has 0 spiro atoms. The molecular formula is C35H42N6O7. The summed E-state index contributed by atoms with van der Waals surface area (Å²) < 4.78 is 5.41. The van der Waals surface area contributed by atoms with Crippen molar-refractivity contribution in [3.63, 3.8) is 0 Å². The van der Waals surface area contributed by atoms with Crippen LogP contribution in [0.1, 0.15) is 49.3 Å². The summed E-state index contributed by atoms with van der Waals surface area (Å²) in [6.07, 6.45) is -0.324. The fourth-order valence-electron chi connectivity index (χ4n) is 5.45. The second-order valence-electron chi connectivity index (χ2n) is 11.9. The standard InChI is InChI=1S/C35H42N6O7/c1-21(2)31(33(44)39-29(13-8-18-37-34(36)45)32(43)38-23-16-14-22(3)15-17-23)40-30(42)20-48-41-35(46)47-19-28-26-11-6-4-9-24(26)25-10-5-7-12-27(25)28/h4-7,9-12,14-17,21,28-29,31H,8,13,18-20H2,1-3H3,(H,38,43)(H,39,44)(H,40,42)(H,41,46)(H3,36,37,45)/t29-,31-/m0/s1. The van der Waals surface area contributed by atoms with Gasteiger partial charge in [0.2, 0.25) is 17.7 Å². The van der Waals surface area contributed by atoms with Crippen LogP contribution >= 0.6 is 0 Å². The van der Waals surface area contributed by atoms with E-state index < -0.39 is 48.5 Å². The SMILES string of the molecule is Cc1ccc(NC(=O)[C@H](CCCNC(N)=O)NC(=O)[C@@H](NC(=O)CONC(=O)OCC2c3ccccc3-c3ccccc32)C(C)C)cc1. The fraction of sp³-hybridized carbons (Fsp3) is 0.343. The molecule has 48 heavy (non-hydrogen) atoms. The molecule has 0 unspecified atom stereocenters. The molecule has 254 valence electrons. The number of nitrogens with one attached hydrogen (secondary N) is 5. The number of primary amides is 1. The number of carbonyl (C=O) groups excluding carboxylic acids is 5. The molecule has 2 atom stereocenters. The molecule has 3 aromatic carbocycles. The monoisotopic (exact) mass is 658 g/mol. The van der Waals surface area contributed by atoms with Gasteiger partial charge in [0.1, 0.15) is 18.7 Å². The molecule has 4 rings (SSSR count). The van der Waals surface area contributed by atoms with Crippen LogP contribution in [0, 0.1) is 12.8 Å². The number of ether oxygens (including phenoxy) is 1. The van der Waals surface area contributed by atoms with E-state index in [2.05, 4.69) is 26.7 Å². The van der Waals surface area contributed by atoms with Gasteiger partial charge in [-0.15, -0.1) is 0 Å². The van der Waals surface area contributed by atoms with E-state index in [1.54, 1.807) is 26.0 Å². The van der Waals surface area contributed by atoms with Crippen LogP contribution in [0.5, 0.6) is 0 Å². The predicted molar refractivity (Wildman–Crippen MR) is 179 cm³/mol. The van der Waals surface area contributed by atoms with Gasteiger partial charge in [-0.3, -0.25) is 19.2 Å². The van der Waals surface area contributed by atoms with Gasteiger partial charge in [-0.1, -0.05) is 80.1 Å². The van der Waals surface area contributed by atoms with E-state index in [1.807, 2.05) is 67.6 Å². The Kier molecular flexibility index (Phi) is 12.5. The zero-order valence-electron chi connectivity index (χ0n) is 27.2. The third kappa shape index (κ3) is 9.79. The fourth-order valence-corrected chi connectivity index (χ4v) is 5.45. The number of hydrogen-bond acceptors (Lipinski definition) is 7. The number of hydroxylamine groups is 1. The normalized spacial score (nSPS) is 13.0. The lowest BCUT2D eigenvalue weighted by atomic mass is 9.98. The smallest absolute Gasteiger partial charge is 0.431 e. The minimum atomic E-state index is -1.02. The van der Waals surface area contributed by atoms with E-state index in [0.29, 0.717) is 12.1 Å². The second kappa shape index (κ2) is 16.9. The zero-order chi connectivity index (χ0) is 34.6. The van der Waals surface area contributed by atoms with Gasteiger partial charge >= 0.3 is 12.1 Å². The highest BCUT2D eigenvalue weighted by molar-refractivity contribution is 5.98. The number of rotatable bonds is 15. The van der Waals surface area contributed by atoms with Crippen molar-refractivity contribution in [1.29, 1.82) is 0 Å². The van der Waals surface area contributed by atoms with Gasteiger partial charge in [0.05, 0.1) is 0 Å². The van der Waals surface area contributed by atoms with Crippen molar-refractivity contribution >= 4 is 35.5 Å². The van der Waals surface area contributed by atoms with E-state index in [9.17, 15) is 24.0 Å². The number of anilines is 1. The molecule has 3 aromatic rings. The van der Waals surface area contributed by atoms with Crippen LogP contribution in [0.4, 0.5) is 15.3 Å². The van der Waals surface area contributed by atoms with Crippen molar-refractivity contribution in [2.45, 2.75) is 51.6 Å². The van der Waals surface area contributed by atoms with Gasteiger partial charge < -0.3 is 31.7 Å². The van der Waals surface area contributed by atoms with Gasteiger partial charge in [-0.05, 0) is 60.1 Å². The summed E-state index contributed by atoms with van der Waals surface area (Å²) in [4.78, 5) is 67.7. The average Bonchev–Trinajstić information content (AvgIpc) is 3.38. The Hall–Kier alpha value is -5.43. The third-order valence-electron chi connectivity index (χ3n) is 7.89. The van der Waals surface area contributed by atoms with E-state index in [0.717, 1.165) is 27.8 Å². The highest BCUT2D eigenvalue weighted by Gasteiger charge is 2.30. The molecule has 13 nitrogen and oxygen atoms in total. The average molecular weight is 659 g/mol. The van der Waals surface area contributed by atoms with Crippen LogP contribution in [0.3, 0.4) is 0 Å². The third-order valence-corrected chi connectivity index (χ3v) is 7.89. The van der Waals surface area contributed by atoms with Gasteiger partial charge in [0, 0.05) is 18.2 Å². The van der Waals surface area contributed by atoms with Gasteiger partial charge in [0.15, 0.2) is 6.61 Å². The molecule has 13 heteroatoms. The summed E-state index contributed by atoms with van der Waals surface area (Å²) in [7, 11) is 0. The van der Waals surface area contributed by atoms with Crippen LogP contribution in [-0.4, -0.2) is 61.7 Å². The Morgan fingerprint density at radius 1 is 0.833 bits per heavy atom. The van der Waals surface area contributed by atoms with E-state index in [1.165, 1.54) is 0 Å². The number of aryl methyl sites for hydroxylation is 1. The first-order valence-electron chi connectivity index (χ1n) is 15.8. The van der Waals surface area contributed by atoms with Crippen LogP contribution in [0.15, 0.2) is 72.8 Å². The lowest BCUT2D eigenvalue weighted by Gasteiger charge is -2.25. The minimum absolute atomic E-state index is 0.0717. The molecule has 0 heterocycles. The first kappa shape index (κ1) is 35.4. The first-order valence-corrected chi connectivity index (χ1v) is 15.8. The Labute approximate surface area is 279 Å². The van der Waals surface area contributed by atoms with Crippen molar-refractivity contribution in [3.05, 3.63) is 89.5 Å². The van der Waals surface area contributed by atoms with Gasteiger partial charge in [-0.2, -0.15) is 5.48 Å². The Morgan fingerprint density at radius 2 is 1.46 bits per heavy atom. The van der Waals surface area contributed by atoms with Crippen LogP contribution in [-0.2, 0) is 24.0 Å². The van der Waals surface area contributed by atoms with Crippen LogP contribution < -0.4 is 32.5 Å². The summed E-state index contributed by atoms with van der Waals surface area (Å²) in [5, 5.41) is 10.6. The molecule has 0 saturated carbocycles. The lowest BCUT2D eigenvalue weighted by molar-refractivity contribution is -0.134. The summed E-state index contributed by atoms with van der Waals surface area (Å²) >= 11 is 0. The van der Waals surface area contributed by atoms with Crippen LogP contribution in [0.25, 0.3) is 11.1 Å². The maximum atomic E-state index is 13.3. The topological polar surface area (TPSA) is 190 Å². The molecule has 0 saturated heterocycles. The number of urea groups is 1. The Bertz CT molecular complexity index is 1570. The molecule has 0 radical (unpaired) electrons. The highest BCUT2D eigenvalue weighted by atomic mass is 16.7. The minimum Gasteiger partial charge on any atom is -0.447 e. The van der Waals surface area contributed by atoms with Crippen molar-refractivity contribution in [2.24, 2.45) is 11.7 Å². The molecular weight excluding hydrogens is 616 g/mol. The molecule has 1 aliphatic carbocycles. The van der Waals surface area contributed by atoms with Gasteiger partial charge in [0.25, 0.3) is 0 Å².